The molecule has 2 aliphatic rings. The van der Waals surface area contributed by atoms with E-state index >= 15 is 0 Å². The Balaban J connectivity index is 1.44. The molecule has 10 nitrogen and oxygen atoms in total. The van der Waals surface area contributed by atoms with Crippen molar-refractivity contribution in [2.75, 3.05) is 4.90 Å². The van der Waals surface area contributed by atoms with E-state index in [-0.39, 0.29) is 11.3 Å². The van der Waals surface area contributed by atoms with E-state index in [9.17, 15) is 29.4 Å². The summed E-state index contributed by atoms with van der Waals surface area (Å²) in [7, 11) is 0. The molecule has 41 heavy (non-hydrogen) atoms. The Hall–Kier alpha value is -4.96. The number of rotatable bonds is 6. The molecule has 0 bridgehead atoms. The van der Waals surface area contributed by atoms with Crippen LogP contribution in [0, 0.1) is 6.92 Å². The van der Waals surface area contributed by atoms with Gasteiger partial charge in [-0.1, -0.05) is 60.2 Å². The van der Waals surface area contributed by atoms with E-state index in [1.165, 1.54) is 19.1 Å². The van der Waals surface area contributed by atoms with Crippen molar-refractivity contribution >= 4 is 40.4 Å². The number of H-pyrrole nitrogens is 1. The van der Waals surface area contributed by atoms with Crippen LogP contribution in [0.4, 0.5) is 10.5 Å². The SMILES string of the molecule is Cc1ccc([C@@H]2c3[nH]c4ccccc4c3C[C@H]3C(=O)N(c4ccccc4C(=O)N[C@H](C(=O)O)[C@@H](C)O)C(=O)N23)cc1. The quantitative estimate of drug-likeness (QED) is 0.270. The number of carbonyl (C=O) groups is 4. The number of benzene rings is 3. The molecular weight excluding hydrogens is 524 g/mol. The van der Waals surface area contributed by atoms with Gasteiger partial charge in [0.15, 0.2) is 6.04 Å². The van der Waals surface area contributed by atoms with Gasteiger partial charge in [-0.2, -0.15) is 0 Å². The number of carboxylic acid groups (broad SMARTS) is 1. The maximum absolute atomic E-state index is 14.2. The van der Waals surface area contributed by atoms with Crippen molar-refractivity contribution in [3.05, 3.63) is 101 Å². The smallest absolute Gasteiger partial charge is 0.332 e. The number of amides is 4. The van der Waals surface area contributed by atoms with E-state index < -0.39 is 48.0 Å². The van der Waals surface area contributed by atoms with E-state index in [0.29, 0.717) is 6.42 Å². The fraction of sp³-hybridized carbons (Fsp3) is 0.226. The minimum absolute atomic E-state index is 0.0420. The van der Waals surface area contributed by atoms with Crippen molar-refractivity contribution in [3.63, 3.8) is 0 Å². The highest BCUT2D eigenvalue weighted by Gasteiger charge is 2.53. The van der Waals surface area contributed by atoms with Gasteiger partial charge >= 0.3 is 12.0 Å². The van der Waals surface area contributed by atoms with Crippen LogP contribution in [0.25, 0.3) is 10.9 Å². The molecule has 0 unspecified atom stereocenters. The van der Waals surface area contributed by atoms with Crippen molar-refractivity contribution in [1.82, 2.24) is 15.2 Å². The second kappa shape index (κ2) is 9.90. The van der Waals surface area contributed by atoms with Crippen LogP contribution in [0.3, 0.4) is 0 Å². The molecule has 1 fully saturated rings. The molecule has 0 radical (unpaired) electrons. The lowest BCUT2D eigenvalue weighted by Crippen LogP contribution is -2.48. The molecule has 4 aromatic rings. The molecule has 3 heterocycles. The highest BCUT2D eigenvalue weighted by atomic mass is 16.4. The van der Waals surface area contributed by atoms with Crippen molar-refractivity contribution in [2.24, 2.45) is 0 Å². The van der Waals surface area contributed by atoms with Crippen LogP contribution < -0.4 is 10.2 Å². The van der Waals surface area contributed by atoms with Gasteiger partial charge in [0.25, 0.3) is 11.8 Å². The van der Waals surface area contributed by atoms with Crippen LogP contribution >= 0.6 is 0 Å². The molecule has 1 aromatic heterocycles. The minimum Gasteiger partial charge on any atom is -0.480 e. The Kier molecular flexibility index (Phi) is 6.34. The van der Waals surface area contributed by atoms with Crippen molar-refractivity contribution in [3.8, 4) is 0 Å². The molecule has 1 saturated heterocycles. The van der Waals surface area contributed by atoms with Gasteiger partial charge in [-0.3, -0.25) is 14.5 Å². The Bertz CT molecular complexity index is 1710. The maximum atomic E-state index is 14.2. The summed E-state index contributed by atoms with van der Waals surface area (Å²) in [5.41, 5.74) is 4.59. The molecule has 10 heteroatoms. The highest BCUT2D eigenvalue weighted by Crippen LogP contribution is 2.45. The topological polar surface area (TPSA) is 143 Å². The van der Waals surface area contributed by atoms with Crippen LogP contribution in [0.1, 0.15) is 45.7 Å². The lowest BCUT2D eigenvalue weighted by Gasteiger charge is -2.36. The number of carboxylic acids is 1. The van der Waals surface area contributed by atoms with E-state index in [2.05, 4.69) is 10.3 Å². The monoisotopic (exact) mass is 552 g/mol. The van der Waals surface area contributed by atoms with E-state index in [1.54, 1.807) is 17.0 Å². The number of urea groups is 1. The number of imide groups is 1. The lowest BCUT2D eigenvalue weighted by atomic mass is 9.88. The van der Waals surface area contributed by atoms with Crippen LogP contribution in [-0.4, -0.2) is 62.1 Å². The second-order valence-electron chi connectivity index (χ2n) is 10.5. The maximum Gasteiger partial charge on any atom is 0.332 e. The Morgan fingerprint density at radius 1 is 1.00 bits per heavy atom. The van der Waals surface area contributed by atoms with Gasteiger partial charge in [-0.15, -0.1) is 0 Å². The molecule has 4 amide bonds. The normalized spacial score (nSPS) is 19.6. The number of nitrogens with zero attached hydrogens (tertiary/aromatic N) is 2. The van der Waals surface area contributed by atoms with Gasteiger partial charge in [0, 0.05) is 23.0 Å². The standard InChI is InChI=1S/C31H28N4O6/c1-16-11-13-18(14-12-16)27-26-21(19-7-3-5-9-22(19)32-26)15-24-29(38)35(31(41)34(24)27)23-10-6-4-8-20(23)28(37)33-25(17(2)36)30(39)40/h3-14,17,24-25,27,32,36H,15H2,1-2H3,(H,33,37)(H,39,40)/t17-,24+,25+,27-/m1/s1. The molecule has 0 aliphatic carbocycles. The third-order valence-electron chi connectivity index (χ3n) is 7.87. The number of aliphatic carboxylic acids is 1. The molecule has 0 saturated carbocycles. The molecule has 4 N–H and O–H groups in total. The zero-order valence-electron chi connectivity index (χ0n) is 22.4. The van der Waals surface area contributed by atoms with Crippen molar-refractivity contribution in [1.29, 1.82) is 0 Å². The number of nitrogens with one attached hydrogen (secondary N) is 2. The number of aryl methyl sites for hydroxylation is 1. The summed E-state index contributed by atoms with van der Waals surface area (Å²) in [6.45, 7) is 3.22. The fourth-order valence-corrected chi connectivity index (χ4v) is 5.86. The Labute approximate surface area is 235 Å². The number of aliphatic hydroxyl groups is 1. The number of hydrogen-bond acceptors (Lipinski definition) is 5. The van der Waals surface area contributed by atoms with Gasteiger partial charge in [0.2, 0.25) is 0 Å². The molecule has 6 rings (SSSR count). The van der Waals surface area contributed by atoms with Crippen LogP contribution in [0.2, 0.25) is 0 Å². The summed E-state index contributed by atoms with van der Waals surface area (Å²) < 4.78 is 0. The predicted octanol–water partition coefficient (Wildman–Crippen LogP) is 3.52. The molecular formula is C31H28N4O6. The van der Waals surface area contributed by atoms with Gasteiger partial charge in [0.05, 0.1) is 17.4 Å². The van der Waals surface area contributed by atoms with E-state index in [1.807, 2.05) is 55.5 Å². The zero-order valence-corrected chi connectivity index (χ0v) is 22.4. The van der Waals surface area contributed by atoms with Crippen LogP contribution in [0.15, 0.2) is 72.8 Å². The first-order chi connectivity index (χ1) is 19.7. The summed E-state index contributed by atoms with van der Waals surface area (Å²) in [5, 5.41) is 22.6. The number of fused-ring (bicyclic) bond motifs is 4. The Morgan fingerprint density at radius 2 is 1.68 bits per heavy atom. The lowest BCUT2D eigenvalue weighted by molar-refractivity contribution is -0.141. The van der Waals surface area contributed by atoms with Gasteiger partial charge < -0.3 is 20.5 Å². The van der Waals surface area contributed by atoms with Crippen molar-refractivity contribution < 1.29 is 29.4 Å². The third kappa shape index (κ3) is 4.23. The van der Waals surface area contributed by atoms with Gasteiger partial charge in [-0.05, 0) is 43.2 Å². The summed E-state index contributed by atoms with van der Waals surface area (Å²) in [5.74, 6) is -2.72. The van der Waals surface area contributed by atoms with E-state index in [0.717, 1.165) is 38.2 Å². The number of hydrogen-bond donors (Lipinski definition) is 4. The zero-order chi connectivity index (χ0) is 29.0. The number of carbonyl (C=O) groups excluding carboxylic acids is 3. The molecule has 208 valence electrons. The first kappa shape index (κ1) is 26.3. The van der Waals surface area contributed by atoms with E-state index in [4.69, 9.17) is 0 Å². The predicted molar refractivity (Wildman–Crippen MR) is 151 cm³/mol. The number of aromatic nitrogens is 1. The Morgan fingerprint density at radius 3 is 2.39 bits per heavy atom. The number of aliphatic hydroxyl groups excluding tert-OH is 1. The molecule has 3 aromatic carbocycles. The van der Waals surface area contributed by atoms with Gasteiger partial charge in [-0.25, -0.2) is 14.5 Å². The first-order valence-electron chi connectivity index (χ1n) is 13.3. The fourth-order valence-electron chi connectivity index (χ4n) is 5.86. The third-order valence-corrected chi connectivity index (χ3v) is 7.87. The number of anilines is 1. The average molecular weight is 553 g/mol. The van der Waals surface area contributed by atoms with Crippen LogP contribution in [-0.2, 0) is 16.0 Å². The largest absolute Gasteiger partial charge is 0.480 e. The summed E-state index contributed by atoms with van der Waals surface area (Å²) in [6, 6.07) is 18.1. The molecule has 4 atom stereocenters. The molecule has 0 spiro atoms. The summed E-state index contributed by atoms with van der Waals surface area (Å²) in [4.78, 5) is 59.1. The summed E-state index contributed by atoms with van der Waals surface area (Å²) in [6.07, 6.45) is -1.08. The number of para-hydroxylation sites is 2. The average Bonchev–Trinajstić information content (AvgIpc) is 3.45. The second-order valence-corrected chi connectivity index (χ2v) is 10.5. The highest BCUT2D eigenvalue weighted by molar-refractivity contribution is 6.24. The summed E-state index contributed by atoms with van der Waals surface area (Å²) >= 11 is 0. The van der Waals surface area contributed by atoms with Crippen molar-refractivity contribution in [2.45, 2.75) is 44.5 Å². The van der Waals surface area contributed by atoms with Gasteiger partial charge in [0.1, 0.15) is 12.1 Å². The molecule has 2 aliphatic heterocycles. The first-order valence-corrected chi connectivity index (χ1v) is 13.3. The number of aromatic amines is 1. The van der Waals surface area contributed by atoms with Crippen LogP contribution in [0.5, 0.6) is 0 Å². The minimum atomic E-state index is -1.57.